The maximum absolute atomic E-state index is 6.25. The fraction of sp³-hybridized carbons (Fsp3) is 0. The summed E-state index contributed by atoms with van der Waals surface area (Å²) in [7, 11) is 0. The standard InChI is InChI=1S/C47H28N4O/c1-2-12-30(13-3-1)45-48-46(50-47(49-45)37-22-11-25-42-44(37)36-20-6-7-24-41(36)52-42)33-18-8-19-34(26-33)51-39-23-10-17-29-16-9-21-35(43(29)39)38-27-31-14-4-5-15-32(31)28-40(38)51/h1-28H. The van der Waals surface area contributed by atoms with E-state index in [4.69, 9.17) is 19.4 Å². The monoisotopic (exact) mass is 664 g/mol. The molecule has 2 aromatic heterocycles. The molecule has 1 aliphatic heterocycles. The van der Waals surface area contributed by atoms with Gasteiger partial charge in [-0.25, -0.2) is 15.0 Å². The van der Waals surface area contributed by atoms with Gasteiger partial charge in [0.15, 0.2) is 17.5 Å². The number of hydrogen-bond acceptors (Lipinski definition) is 5. The van der Waals surface area contributed by atoms with Crippen LogP contribution in [0.5, 0.6) is 0 Å². The van der Waals surface area contributed by atoms with E-state index < -0.39 is 0 Å². The molecule has 0 saturated carbocycles. The second-order valence-electron chi connectivity index (χ2n) is 13.2. The van der Waals surface area contributed by atoms with E-state index in [9.17, 15) is 0 Å². The Bertz CT molecular complexity index is 3030. The van der Waals surface area contributed by atoms with Crippen molar-refractivity contribution in [1.82, 2.24) is 15.0 Å². The zero-order valence-electron chi connectivity index (χ0n) is 27.9. The maximum atomic E-state index is 6.25. The van der Waals surface area contributed by atoms with Gasteiger partial charge in [0.05, 0.1) is 11.4 Å². The predicted octanol–water partition coefficient (Wildman–Crippen LogP) is 12.5. The van der Waals surface area contributed by atoms with E-state index in [1.54, 1.807) is 0 Å². The summed E-state index contributed by atoms with van der Waals surface area (Å²) in [4.78, 5) is 17.8. The number of benzene rings is 8. The molecular formula is C47H28N4O. The number of furan rings is 1. The molecule has 0 N–H and O–H groups in total. The molecule has 0 saturated heterocycles. The van der Waals surface area contributed by atoms with E-state index in [2.05, 4.69) is 114 Å². The maximum Gasteiger partial charge on any atom is 0.164 e. The van der Waals surface area contributed by atoms with Gasteiger partial charge in [0.2, 0.25) is 0 Å². The minimum absolute atomic E-state index is 0.597. The van der Waals surface area contributed by atoms with Gasteiger partial charge >= 0.3 is 0 Å². The highest BCUT2D eigenvalue weighted by molar-refractivity contribution is 6.16. The van der Waals surface area contributed by atoms with Crippen molar-refractivity contribution in [2.45, 2.75) is 0 Å². The Balaban J connectivity index is 1.14. The molecule has 5 heteroatoms. The number of fused-ring (bicyclic) bond motifs is 6. The van der Waals surface area contributed by atoms with E-state index in [0.717, 1.165) is 55.7 Å². The third-order valence-electron chi connectivity index (χ3n) is 10.2. The third kappa shape index (κ3) is 4.39. The van der Waals surface area contributed by atoms with Gasteiger partial charge in [-0.3, -0.25) is 0 Å². The molecule has 0 amide bonds. The lowest BCUT2D eigenvalue weighted by molar-refractivity contribution is 0.669. The van der Waals surface area contributed by atoms with Gasteiger partial charge in [0.1, 0.15) is 11.2 Å². The van der Waals surface area contributed by atoms with Crippen LogP contribution in [0.2, 0.25) is 0 Å². The summed E-state index contributed by atoms with van der Waals surface area (Å²) in [6.45, 7) is 0. The molecule has 0 unspecified atom stereocenters. The first kappa shape index (κ1) is 28.7. The van der Waals surface area contributed by atoms with E-state index >= 15 is 0 Å². The second kappa shape index (κ2) is 11.2. The van der Waals surface area contributed by atoms with E-state index in [1.807, 2.05) is 60.7 Å². The molecule has 52 heavy (non-hydrogen) atoms. The van der Waals surface area contributed by atoms with Gasteiger partial charge in [-0.15, -0.1) is 0 Å². The van der Waals surface area contributed by atoms with Crippen LogP contribution in [0.3, 0.4) is 0 Å². The molecule has 0 atom stereocenters. The van der Waals surface area contributed by atoms with E-state index in [-0.39, 0.29) is 0 Å². The van der Waals surface area contributed by atoms with Crippen molar-refractivity contribution in [3.8, 4) is 45.3 Å². The number of aromatic nitrogens is 3. The van der Waals surface area contributed by atoms with Crippen LogP contribution in [0.4, 0.5) is 17.1 Å². The van der Waals surface area contributed by atoms with Gasteiger partial charge in [-0.2, -0.15) is 0 Å². The summed E-state index contributed by atoms with van der Waals surface area (Å²) < 4.78 is 6.25. The SMILES string of the molecule is c1ccc(-c2nc(-c3cccc(N4c5cc6ccccc6cc5-c5cccc6cccc4c56)c3)nc(-c3cccc4oc5ccccc5c34)n2)cc1. The summed E-state index contributed by atoms with van der Waals surface area (Å²) in [5.74, 6) is 1.81. The van der Waals surface area contributed by atoms with Crippen molar-refractivity contribution in [1.29, 1.82) is 0 Å². The van der Waals surface area contributed by atoms with Gasteiger partial charge in [-0.1, -0.05) is 127 Å². The first-order valence-corrected chi connectivity index (χ1v) is 17.4. The highest BCUT2D eigenvalue weighted by atomic mass is 16.3. The predicted molar refractivity (Wildman–Crippen MR) is 212 cm³/mol. The lowest BCUT2D eigenvalue weighted by Crippen LogP contribution is -2.15. The third-order valence-corrected chi connectivity index (χ3v) is 10.2. The molecule has 0 aliphatic carbocycles. The van der Waals surface area contributed by atoms with Crippen LogP contribution in [0, 0.1) is 0 Å². The molecule has 0 spiro atoms. The number of hydrogen-bond donors (Lipinski definition) is 0. The summed E-state index contributed by atoms with van der Waals surface area (Å²) in [6, 6.07) is 59.3. The Morgan fingerprint density at radius 2 is 1.02 bits per heavy atom. The molecule has 8 aromatic carbocycles. The number of rotatable bonds is 4. The number of nitrogens with zero attached hydrogens (tertiary/aromatic N) is 4. The zero-order valence-corrected chi connectivity index (χ0v) is 27.9. The average Bonchev–Trinajstić information content (AvgIpc) is 3.60. The van der Waals surface area contributed by atoms with E-state index in [1.165, 1.54) is 32.7 Å². The summed E-state index contributed by atoms with van der Waals surface area (Å²) in [5, 5.41) is 6.90. The van der Waals surface area contributed by atoms with Crippen LogP contribution in [0.25, 0.3) is 88.8 Å². The first-order chi connectivity index (χ1) is 25.8. The van der Waals surface area contributed by atoms with Crippen LogP contribution >= 0.6 is 0 Å². The smallest absolute Gasteiger partial charge is 0.164 e. The molecule has 0 radical (unpaired) electrons. The Morgan fingerprint density at radius 1 is 0.385 bits per heavy atom. The van der Waals surface area contributed by atoms with E-state index in [0.29, 0.717) is 17.5 Å². The van der Waals surface area contributed by atoms with Crippen molar-refractivity contribution in [3.05, 3.63) is 170 Å². The number of para-hydroxylation sites is 1. The molecule has 11 rings (SSSR count). The van der Waals surface area contributed by atoms with Gasteiger partial charge < -0.3 is 9.32 Å². The van der Waals surface area contributed by atoms with Gasteiger partial charge in [-0.05, 0) is 64.2 Å². The van der Waals surface area contributed by atoms with Gasteiger partial charge in [0, 0.05) is 44.1 Å². The lowest BCUT2D eigenvalue weighted by atomic mass is 9.89. The molecule has 10 aromatic rings. The van der Waals surface area contributed by atoms with Crippen LogP contribution in [-0.2, 0) is 0 Å². The topological polar surface area (TPSA) is 55.1 Å². The molecule has 1 aliphatic rings. The van der Waals surface area contributed by atoms with Crippen molar-refractivity contribution in [2.24, 2.45) is 0 Å². The second-order valence-corrected chi connectivity index (χ2v) is 13.2. The number of anilines is 3. The molecule has 5 nitrogen and oxygen atoms in total. The zero-order chi connectivity index (χ0) is 34.2. The Kier molecular flexibility index (Phi) is 6.18. The van der Waals surface area contributed by atoms with Crippen LogP contribution in [0.1, 0.15) is 0 Å². The molecular weight excluding hydrogens is 637 g/mol. The highest BCUT2D eigenvalue weighted by Gasteiger charge is 2.27. The summed E-state index contributed by atoms with van der Waals surface area (Å²) >= 11 is 0. The molecule has 242 valence electrons. The van der Waals surface area contributed by atoms with Crippen molar-refractivity contribution in [3.63, 3.8) is 0 Å². The lowest BCUT2D eigenvalue weighted by Gasteiger charge is -2.34. The molecule has 0 bridgehead atoms. The molecule has 0 fully saturated rings. The normalized spacial score (nSPS) is 12.2. The van der Waals surface area contributed by atoms with Crippen molar-refractivity contribution >= 4 is 60.5 Å². The Morgan fingerprint density at radius 3 is 1.90 bits per heavy atom. The van der Waals surface area contributed by atoms with Crippen LogP contribution < -0.4 is 4.90 Å². The van der Waals surface area contributed by atoms with Crippen LogP contribution in [-0.4, -0.2) is 15.0 Å². The van der Waals surface area contributed by atoms with Crippen molar-refractivity contribution in [2.75, 3.05) is 4.90 Å². The fourth-order valence-corrected chi connectivity index (χ4v) is 7.86. The molecule has 3 heterocycles. The fourth-order valence-electron chi connectivity index (χ4n) is 7.86. The average molecular weight is 665 g/mol. The van der Waals surface area contributed by atoms with Gasteiger partial charge in [0.25, 0.3) is 0 Å². The highest BCUT2D eigenvalue weighted by Crippen LogP contribution is 2.52. The Labute approximate surface area is 299 Å². The van der Waals surface area contributed by atoms with Crippen LogP contribution in [0.15, 0.2) is 174 Å². The minimum Gasteiger partial charge on any atom is -0.456 e. The summed E-state index contributed by atoms with van der Waals surface area (Å²) in [6.07, 6.45) is 0. The largest absolute Gasteiger partial charge is 0.456 e. The summed E-state index contributed by atoms with van der Waals surface area (Å²) in [5.41, 5.74) is 10.1. The first-order valence-electron chi connectivity index (χ1n) is 17.4. The van der Waals surface area contributed by atoms with Crippen molar-refractivity contribution < 1.29 is 4.42 Å². The Hall–Kier alpha value is -7.11. The quantitative estimate of drug-likeness (QED) is 0.187. The minimum atomic E-state index is 0.597.